The molecule has 94 valence electrons. The largest absolute Gasteiger partial charge is 0.384 e. The zero-order valence-electron chi connectivity index (χ0n) is 10.6. The Kier molecular flexibility index (Phi) is 3.35. The second-order valence-corrected chi connectivity index (χ2v) is 5.82. The molecule has 0 amide bonds. The standard InChI is InChI=1S/C15H18N2S/c1-11-6-7-18-15(11)10-16-8-12-9-17-14-5-3-2-4-13(12)14/h2-7,12,16-17H,8-10H2,1H3. The number of rotatable bonds is 4. The van der Waals surface area contributed by atoms with Gasteiger partial charge in [0.25, 0.3) is 0 Å². The molecule has 0 saturated heterocycles. The predicted octanol–water partition coefficient (Wildman–Crippen LogP) is 3.36. The van der Waals surface area contributed by atoms with Crippen LogP contribution in [0.2, 0.25) is 0 Å². The van der Waals surface area contributed by atoms with Crippen molar-refractivity contribution in [1.82, 2.24) is 5.32 Å². The molecular formula is C15H18N2S. The maximum absolute atomic E-state index is 3.58. The lowest BCUT2D eigenvalue weighted by atomic mass is 10.0. The molecule has 1 atom stereocenters. The van der Waals surface area contributed by atoms with Crippen molar-refractivity contribution >= 4 is 17.0 Å². The van der Waals surface area contributed by atoms with Crippen LogP contribution < -0.4 is 10.6 Å². The first-order valence-electron chi connectivity index (χ1n) is 6.41. The van der Waals surface area contributed by atoms with Gasteiger partial charge in [0, 0.05) is 36.1 Å². The van der Waals surface area contributed by atoms with Gasteiger partial charge >= 0.3 is 0 Å². The molecule has 1 aromatic heterocycles. The summed E-state index contributed by atoms with van der Waals surface area (Å²) in [5, 5.41) is 9.22. The number of fused-ring (bicyclic) bond motifs is 1. The molecule has 0 radical (unpaired) electrons. The molecule has 0 spiro atoms. The van der Waals surface area contributed by atoms with Crippen LogP contribution in [0.4, 0.5) is 5.69 Å². The zero-order valence-corrected chi connectivity index (χ0v) is 11.4. The summed E-state index contributed by atoms with van der Waals surface area (Å²) in [6, 6.07) is 10.8. The summed E-state index contributed by atoms with van der Waals surface area (Å²) >= 11 is 1.84. The van der Waals surface area contributed by atoms with Crippen molar-refractivity contribution in [3.8, 4) is 0 Å². The van der Waals surface area contributed by atoms with Crippen LogP contribution in [0.1, 0.15) is 21.9 Å². The van der Waals surface area contributed by atoms with Crippen molar-refractivity contribution in [2.75, 3.05) is 18.4 Å². The molecule has 1 unspecified atom stereocenters. The summed E-state index contributed by atoms with van der Waals surface area (Å²) in [5.41, 5.74) is 4.15. The van der Waals surface area contributed by atoms with E-state index in [1.807, 2.05) is 11.3 Å². The molecule has 1 aliphatic heterocycles. The first-order valence-corrected chi connectivity index (χ1v) is 7.29. The highest BCUT2D eigenvalue weighted by atomic mass is 32.1. The number of para-hydroxylation sites is 1. The van der Waals surface area contributed by atoms with Crippen LogP contribution >= 0.6 is 11.3 Å². The molecule has 0 bridgehead atoms. The molecule has 1 aliphatic rings. The van der Waals surface area contributed by atoms with E-state index in [2.05, 4.69) is 53.3 Å². The van der Waals surface area contributed by atoms with Crippen LogP contribution in [0, 0.1) is 6.92 Å². The molecule has 18 heavy (non-hydrogen) atoms. The summed E-state index contributed by atoms with van der Waals surface area (Å²) < 4.78 is 0. The molecular weight excluding hydrogens is 240 g/mol. The van der Waals surface area contributed by atoms with E-state index in [-0.39, 0.29) is 0 Å². The molecule has 0 fully saturated rings. The van der Waals surface area contributed by atoms with E-state index < -0.39 is 0 Å². The van der Waals surface area contributed by atoms with Gasteiger partial charge in [0.05, 0.1) is 0 Å². The molecule has 0 aliphatic carbocycles. The molecule has 2 aromatic rings. The quantitative estimate of drug-likeness (QED) is 0.878. The monoisotopic (exact) mass is 258 g/mol. The molecule has 2 heterocycles. The van der Waals surface area contributed by atoms with E-state index in [1.165, 1.54) is 21.7 Å². The smallest absolute Gasteiger partial charge is 0.0376 e. The maximum Gasteiger partial charge on any atom is 0.0376 e. The Morgan fingerprint density at radius 2 is 2.22 bits per heavy atom. The van der Waals surface area contributed by atoms with Gasteiger partial charge in [0.1, 0.15) is 0 Å². The SMILES string of the molecule is Cc1ccsc1CNCC1CNc2ccccc21. The molecule has 2 nitrogen and oxygen atoms in total. The van der Waals surface area contributed by atoms with E-state index >= 15 is 0 Å². The summed E-state index contributed by atoms with van der Waals surface area (Å²) in [6.07, 6.45) is 0. The van der Waals surface area contributed by atoms with E-state index in [0.29, 0.717) is 5.92 Å². The number of aryl methyl sites for hydroxylation is 1. The molecule has 1 aromatic carbocycles. The predicted molar refractivity (Wildman–Crippen MR) is 78.4 cm³/mol. The normalized spacial score (nSPS) is 17.5. The Morgan fingerprint density at radius 1 is 1.33 bits per heavy atom. The van der Waals surface area contributed by atoms with Gasteiger partial charge in [-0.05, 0) is 35.6 Å². The van der Waals surface area contributed by atoms with Crippen LogP contribution in [0.15, 0.2) is 35.7 Å². The fraction of sp³-hybridized carbons (Fsp3) is 0.333. The lowest BCUT2D eigenvalue weighted by molar-refractivity contribution is 0.616. The Bertz CT molecular complexity index is 533. The van der Waals surface area contributed by atoms with Gasteiger partial charge in [-0.2, -0.15) is 0 Å². The summed E-state index contributed by atoms with van der Waals surface area (Å²) in [7, 11) is 0. The van der Waals surface area contributed by atoms with E-state index in [9.17, 15) is 0 Å². The third kappa shape index (κ3) is 2.28. The number of hydrogen-bond donors (Lipinski definition) is 2. The lowest BCUT2D eigenvalue weighted by Gasteiger charge is -2.11. The molecule has 2 N–H and O–H groups in total. The maximum atomic E-state index is 3.58. The minimum absolute atomic E-state index is 0.599. The van der Waals surface area contributed by atoms with Gasteiger partial charge in [-0.15, -0.1) is 11.3 Å². The van der Waals surface area contributed by atoms with Gasteiger partial charge in [0.15, 0.2) is 0 Å². The van der Waals surface area contributed by atoms with Crippen LogP contribution in [0.5, 0.6) is 0 Å². The van der Waals surface area contributed by atoms with Crippen LogP contribution in [0.3, 0.4) is 0 Å². The summed E-state index contributed by atoms with van der Waals surface area (Å²) in [4.78, 5) is 1.45. The molecule has 3 heteroatoms. The number of anilines is 1. The first-order chi connectivity index (χ1) is 8.84. The second kappa shape index (κ2) is 5.12. The first kappa shape index (κ1) is 11.8. The van der Waals surface area contributed by atoms with E-state index in [0.717, 1.165) is 19.6 Å². The fourth-order valence-corrected chi connectivity index (χ4v) is 3.36. The number of benzene rings is 1. The third-order valence-corrected chi connectivity index (χ3v) is 4.61. The number of nitrogens with one attached hydrogen (secondary N) is 2. The average molecular weight is 258 g/mol. The third-order valence-electron chi connectivity index (χ3n) is 3.58. The van der Waals surface area contributed by atoms with Crippen molar-refractivity contribution in [3.05, 3.63) is 51.7 Å². The van der Waals surface area contributed by atoms with E-state index in [4.69, 9.17) is 0 Å². The van der Waals surface area contributed by atoms with Gasteiger partial charge in [-0.25, -0.2) is 0 Å². The minimum atomic E-state index is 0.599. The Labute approximate surface area is 112 Å². The van der Waals surface area contributed by atoms with Gasteiger partial charge in [-0.1, -0.05) is 18.2 Å². The highest BCUT2D eigenvalue weighted by Gasteiger charge is 2.20. The average Bonchev–Trinajstić information content (AvgIpc) is 2.97. The summed E-state index contributed by atoms with van der Waals surface area (Å²) in [5.74, 6) is 0.599. The minimum Gasteiger partial charge on any atom is -0.384 e. The lowest BCUT2D eigenvalue weighted by Crippen LogP contribution is -2.22. The second-order valence-electron chi connectivity index (χ2n) is 4.82. The van der Waals surface area contributed by atoms with Gasteiger partial charge in [0.2, 0.25) is 0 Å². The Balaban J connectivity index is 1.58. The van der Waals surface area contributed by atoms with Crippen LogP contribution in [-0.4, -0.2) is 13.1 Å². The highest BCUT2D eigenvalue weighted by molar-refractivity contribution is 7.10. The van der Waals surface area contributed by atoms with Crippen LogP contribution in [0.25, 0.3) is 0 Å². The van der Waals surface area contributed by atoms with Crippen molar-refractivity contribution < 1.29 is 0 Å². The zero-order chi connectivity index (χ0) is 12.4. The van der Waals surface area contributed by atoms with Crippen molar-refractivity contribution in [1.29, 1.82) is 0 Å². The number of hydrogen-bond acceptors (Lipinski definition) is 3. The van der Waals surface area contributed by atoms with Gasteiger partial charge in [-0.3, -0.25) is 0 Å². The fourth-order valence-electron chi connectivity index (χ4n) is 2.48. The van der Waals surface area contributed by atoms with Crippen molar-refractivity contribution in [2.24, 2.45) is 0 Å². The highest BCUT2D eigenvalue weighted by Crippen LogP contribution is 2.30. The van der Waals surface area contributed by atoms with Crippen LogP contribution in [-0.2, 0) is 6.54 Å². The van der Waals surface area contributed by atoms with Crippen molar-refractivity contribution in [2.45, 2.75) is 19.4 Å². The molecule has 0 saturated carbocycles. The Morgan fingerprint density at radius 3 is 3.06 bits per heavy atom. The molecule has 3 rings (SSSR count). The topological polar surface area (TPSA) is 24.1 Å². The van der Waals surface area contributed by atoms with Gasteiger partial charge < -0.3 is 10.6 Å². The summed E-state index contributed by atoms with van der Waals surface area (Å²) in [6.45, 7) is 5.26. The van der Waals surface area contributed by atoms with E-state index in [1.54, 1.807) is 0 Å². The number of thiophene rings is 1. The van der Waals surface area contributed by atoms with Crippen molar-refractivity contribution in [3.63, 3.8) is 0 Å². The Hall–Kier alpha value is -1.32.